The fourth-order valence-corrected chi connectivity index (χ4v) is 2.42. The summed E-state index contributed by atoms with van der Waals surface area (Å²) in [6.45, 7) is 1.62. The summed E-state index contributed by atoms with van der Waals surface area (Å²) in [5, 5.41) is 13.7. The second-order valence-corrected chi connectivity index (χ2v) is 4.76. The fourth-order valence-electron chi connectivity index (χ4n) is 2.22. The van der Waals surface area contributed by atoms with Gasteiger partial charge in [-0.15, -0.1) is 10.2 Å². The number of benzene rings is 1. The van der Waals surface area contributed by atoms with Gasteiger partial charge in [-0.2, -0.15) is 0 Å². The Morgan fingerprint density at radius 1 is 1.28 bits per heavy atom. The number of nitrogens with one attached hydrogen (secondary N) is 1. The van der Waals surface area contributed by atoms with Crippen LogP contribution in [0.1, 0.15) is 12.8 Å². The van der Waals surface area contributed by atoms with Crippen LogP contribution in [0.3, 0.4) is 0 Å². The molecule has 0 aliphatic carbocycles. The van der Waals surface area contributed by atoms with Crippen LogP contribution in [0, 0.1) is 0 Å². The van der Waals surface area contributed by atoms with Crippen molar-refractivity contribution >= 4 is 28.2 Å². The van der Waals surface area contributed by atoms with Gasteiger partial charge in [-0.3, -0.25) is 0 Å². The molecule has 1 atom stereocenters. The second-order valence-electron chi connectivity index (χ2n) is 4.40. The van der Waals surface area contributed by atoms with Crippen LogP contribution < -0.4 is 5.32 Å². The summed E-state index contributed by atoms with van der Waals surface area (Å²) >= 11 is 6.03. The predicted molar refractivity (Wildman–Crippen MR) is 72.0 cm³/mol. The smallest absolute Gasteiger partial charge is 0.159 e. The molecular weight excluding hydrogens is 250 g/mol. The van der Waals surface area contributed by atoms with Gasteiger partial charge >= 0.3 is 0 Å². The Kier molecular flexibility index (Phi) is 3.30. The van der Waals surface area contributed by atoms with E-state index in [0.29, 0.717) is 5.15 Å². The molecular formula is C13H14ClN3O. The van der Waals surface area contributed by atoms with Crippen LogP contribution in [0.25, 0.3) is 10.8 Å². The molecule has 2 heterocycles. The molecule has 2 aromatic rings. The van der Waals surface area contributed by atoms with E-state index in [1.54, 1.807) is 0 Å². The van der Waals surface area contributed by atoms with Crippen molar-refractivity contribution in [3.8, 4) is 0 Å². The van der Waals surface area contributed by atoms with Crippen molar-refractivity contribution in [1.29, 1.82) is 0 Å². The molecule has 0 amide bonds. The molecule has 0 radical (unpaired) electrons. The summed E-state index contributed by atoms with van der Waals surface area (Å²) in [5.41, 5.74) is 0. The average molecular weight is 264 g/mol. The quantitative estimate of drug-likeness (QED) is 0.925. The van der Waals surface area contributed by atoms with Crippen LogP contribution in [-0.2, 0) is 4.74 Å². The van der Waals surface area contributed by atoms with E-state index < -0.39 is 0 Å². The van der Waals surface area contributed by atoms with E-state index in [1.165, 1.54) is 0 Å². The Bertz CT molecular complexity index is 555. The minimum atomic E-state index is 0.279. The highest BCUT2D eigenvalue weighted by Crippen LogP contribution is 2.25. The van der Waals surface area contributed by atoms with E-state index in [4.69, 9.17) is 16.3 Å². The number of nitrogens with zero attached hydrogens (tertiary/aromatic N) is 2. The summed E-state index contributed by atoms with van der Waals surface area (Å²) in [5.74, 6) is 0.769. The molecule has 1 unspecified atom stereocenters. The standard InChI is InChI=1S/C13H14ClN3O/c14-12-10-5-1-2-6-11(10)13(17-16-12)15-8-9-4-3-7-18-9/h1-2,5-6,9H,3-4,7-8H2,(H,15,17). The van der Waals surface area contributed by atoms with Gasteiger partial charge in [0.1, 0.15) is 0 Å². The minimum Gasteiger partial charge on any atom is -0.376 e. The van der Waals surface area contributed by atoms with E-state index in [1.807, 2.05) is 24.3 Å². The first kappa shape index (κ1) is 11.7. The van der Waals surface area contributed by atoms with Gasteiger partial charge in [0.05, 0.1) is 6.10 Å². The fraction of sp³-hybridized carbons (Fsp3) is 0.385. The molecule has 1 saturated heterocycles. The molecule has 4 nitrogen and oxygen atoms in total. The highest BCUT2D eigenvalue weighted by Gasteiger charge is 2.16. The number of hydrogen-bond acceptors (Lipinski definition) is 4. The number of anilines is 1. The first-order chi connectivity index (χ1) is 8.84. The van der Waals surface area contributed by atoms with Crippen molar-refractivity contribution in [2.45, 2.75) is 18.9 Å². The van der Waals surface area contributed by atoms with Gasteiger partial charge in [0.25, 0.3) is 0 Å². The number of ether oxygens (including phenoxy) is 1. The molecule has 94 valence electrons. The lowest BCUT2D eigenvalue weighted by Gasteiger charge is -2.12. The largest absolute Gasteiger partial charge is 0.376 e. The molecule has 3 rings (SSSR count). The highest BCUT2D eigenvalue weighted by atomic mass is 35.5. The highest BCUT2D eigenvalue weighted by molar-refractivity contribution is 6.34. The predicted octanol–water partition coefficient (Wildman–Crippen LogP) is 2.87. The Morgan fingerprint density at radius 3 is 2.89 bits per heavy atom. The molecule has 0 bridgehead atoms. The monoisotopic (exact) mass is 263 g/mol. The number of fused-ring (bicyclic) bond motifs is 1. The SMILES string of the molecule is Clc1nnc(NCC2CCCO2)c2ccccc12. The summed E-state index contributed by atoms with van der Waals surface area (Å²) in [4.78, 5) is 0. The van der Waals surface area contributed by atoms with Gasteiger partial charge in [-0.25, -0.2) is 0 Å². The van der Waals surface area contributed by atoms with Crippen molar-refractivity contribution in [2.75, 3.05) is 18.5 Å². The minimum absolute atomic E-state index is 0.279. The zero-order valence-corrected chi connectivity index (χ0v) is 10.7. The molecule has 1 aromatic heterocycles. The maximum Gasteiger partial charge on any atom is 0.159 e. The Morgan fingerprint density at radius 2 is 2.11 bits per heavy atom. The van der Waals surface area contributed by atoms with Gasteiger partial charge in [-0.05, 0) is 12.8 Å². The molecule has 18 heavy (non-hydrogen) atoms. The topological polar surface area (TPSA) is 47.0 Å². The van der Waals surface area contributed by atoms with Gasteiger partial charge in [0.2, 0.25) is 0 Å². The van der Waals surface area contributed by atoms with Crippen molar-refractivity contribution < 1.29 is 4.74 Å². The van der Waals surface area contributed by atoms with Crippen LogP contribution in [0.5, 0.6) is 0 Å². The van der Waals surface area contributed by atoms with Crippen LogP contribution in [0.2, 0.25) is 5.15 Å². The molecule has 0 saturated carbocycles. The number of halogens is 1. The Balaban J connectivity index is 1.85. The Hall–Kier alpha value is -1.39. The van der Waals surface area contributed by atoms with Crippen molar-refractivity contribution in [1.82, 2.24) is 10.2 Å². The molecule has 1 fully saturated rings. The third kappa shape index (κ3) is 2.26. The van der Waals surface area contributed by atoms with Gasteiger partial charge < -0.3 is 10.1 Å². The normalized spacial score (nSPS) is 19.3. The third-order valence-corrected chi connectivity index (χ3v) is 3.44. The summed E-state index contributed by atoms with van der Waals surface area (Å²) in [7, 11) is 0. The van der Waals surface area contributed by atoms with E-state index in [0.717, 1.165) is 42.6 Å². The van der Waals surface area contributed by atoms with Crippen LogP contribution in [0.4, 0.5) is 5.82 Å². The van der Waals surface area contributed by atoms with Crippen LogP contribution in [0.15, 0.2) is 24.3 Å². The van der Waals surface area contributed by atoms with E-state index in [-0.39, 0.29) is 6.10 Å². The lowest BCUT2D eigenvalue weighted by atomic mass is 10.2. The molecule has 0 spiro atoms. The van der Waals surface area contributed by atoms with Gasteiger partial charge in [0, 0.05) is 23.9 Å². The first-order valence-corrected chi connectivity index (χ1v) is 6.49. The third-order valence-electron chi connectivity index (χ3n) is 3.16. The lowest BCUT2D eigenvalue weighted by molar-refractivity contribution is 0.120. The zero-order valence-electron chi connectivity index (χ0n) is 9.90. The maximum atomic E-state index is 6.03. The van der Waals surface area contributed by atoms with Gasteiger partial charge in [0.15, 0.2) is 11.0 Å². The van der Waals surface area contributed by atoms with Gasteiger partial charge in [-0.1, -0.05) is 35.9 Å². The van der Waals surface area contributed by atoms with Crippen molar-refractivity contribution in [2.24, 2.45) is 0 Å². The molecule has 1 aliphatic rings. The van der Waals surface area contributed by atoms with E-state index in [2.05, 4.69) is 15.5 Å². The summed E-state index contributed by atoms with van der Waals surface area (Å²) in [6.07, 6.45) is 2.52. The molecule has 1 aliphatic heterocycles. The average Bonchev–Trinajstić information content (AvgIpc) is 2.92. The number of aromatic nitrogens is 2. The van der Waals surface area contributed by atoms with Crippen LogP contribution in [-0.4, -0.2) is 29.5 Å². The molecule has 5 heteroatoms. The van der Waals surface area contributed by atoms with E-state index >= 15 is 0 Å². The summed E-state index contributed by atoms with van der Waals surface area (Å²) in [6, 6.07) is 7.86. The van der Waals surface area contributed by atoms with Crippen LogP contribution >= 0.6 is 11.6 Å². The first-order valence-electron chi connectivity index (χ1n) is 6.11. The van der Waals surface area contributed by atoms with Crippen molar-refractivity contribution in [3.05, 3.63) is 29.4 Å². The maximum absolute atomic E-state index is 6.03. The number of rotatable bonds is 3. The molecule has 1 aromatic carbocycles. The summed E-state index contributed by atoms with van der Waals surface area (Å²) < 4.78 is 5.57. The lowest BCUT2D eigenvalue weighted by Crippen LogP contribution is -2.19. The number of hydrogen-bond donors (Lipinski definition) is 1. The second kappa shape index (κ2) is 5.08. The van der Waals surface area contributed by atoms with Crippen molar-refractivity contribution in [3.63, 3.8) is 0 Å². The molecule has 1 N–H and O–H groups in total. The Labute approximate surface area is 110 Å². The van der Waals surface area contributed by atoms with E-state index in [9.17, 15) is 0 Å². The zero-order chi connectivity index (χ0) is 12.4.